The second-order valence-corrected chi connectivity index (χ2v) is 17.0. The lowest BCUT2D eigenvalue weighted by Crippen LogP contribution is -2.24. The SMILES string of the molecule is C=C1C(C2=CCC(C3=CC=C(c4ncccc4C4=CCCC=C4)CC3)C=C2)=CC(C2C=CC(C)(c3ccccc3)CC2)=C=CC1C1=CCC(C2=CCCC=C2)C=C1. The van der Waals surface area contributed by atoms with E-state index in [1.54, 1.807) is 0 Å². The van der Waals surface area contributed by atoms with Crippen LogP contribution in [0.3, 0.4) is 0 Å². The molecule has 1 heteroatoms. The minimum absolute atomic E-state index is 0.0558. The van der Waals surface area contributed by atoms with Crippen LogP contribution in [0.2, 0.25) is 0 Å². The van der Waals surface area contributed by atoms with Crippen molar-refractivity contribution >= 4 is 11.1 Å². The van der Waals surface area contributed by atoms with E-state index >= 15 is 0 Å². The third kappa shape index (κ3) is 7.92. The van der Waals surface area contributed by atoms with Crippen molar-refractivity contribution in [1.82, 2.24) is 4.98 Å². The number of hydrogen-bond donors (Lipinski definition) is 0. The van der Waals surface area contributed by atoms with Gasteiger partial charge in [-0.25, -0.2) is 0 Å². The Bertz CT molecular complexity index is 2380. The Kier molecular flexibility index (Phi) is 10.8. The van der Waals surface area contributed by atoms with Crippen molar-refractivity contribution in [3.8, 4) is 0 Å². The molecule has 7 aliphatic rings. The fourth-order valence-electron chi connectivity index (χ4n) is 9.79. The van der Waals surface area contributed by atoms with Gasteiger partial charge in [0.2, 0.25) is 0 Å². The minimum atomic E-state index is 0.0558. The zero-order valence-electron chi connectivity index (χ0n) is 33.5. The maximum atomic E-state index is 4.88. The van der Waals surface area contributed by atoms with Gasteiger partial charge in [0.05, 0.1) is 5.69 Å². The van der Waals surface area contributed by atoms with Gasteiger partial charge in [0.1, 0.15) is 0 Å². The smallest absolute Gasteiger partial charge is 0.0739 e. The van der Waals surface area contributed by atoms with Gasteiger partial charge in [0.25, 0.3) is 0 Å². The Labute approximate surface area is 341 Å². The van der Waals surface area contributed by atoms with Crippen LogP contribution in [0.15, 0.2) is 209 Å². The third-order valence-corrected chi connectivity index (χ3v) is 13.4. The first kappa shape index (κ1) is 37.1. The second-order valence-electron chi connectivity index (χ2n) is 17.0. The molecule has 0 saturated carbocycles. The Balaban J connectivity index is 0.973. The summed E-state index contributed by atoms with van der Waals surface area (Å²) in [7, 11) is 0. The Morgan fingerprint density at radius 2 is 1.58 bits per heavy atom. The minimum Gasteiger partial charge on any atom is -0.256 e. The lowest BCUT2D eigenvalue weighted by molar-refractivity contribution is 0.455. The first-order chi connectivity index (χ1) is 28.0. The topological polar surface area (TPSA) is 12.9 Å². The highest BCUT2D eigenvalue weighted by molar-refractivity contribution is 5.83. The molecule has 5 unspecified atom stereocenters. The predicted octanol–water partition coefficient (Wildman–Crippen LogP) is 14.3. The van der Waals surface area contributed by atoms with Crippen LogP contribution < -0.4 is 0 Å². The van der Waals surface area contributed by atoms with Crippen LogP contribution in [0, 0.1) is 23.7 Å². The molecule has 1 nitrogen and oxygen atoms in total. The molecule has 1 aromatic heterocycles. The summed E-state index contributed by atoms with van der Waals surface area (Å²) in [4.78, 5) is 4.88. The van der Waals surface area contributed by atoms with Crippen LogP contribution in [-0.2, 0) is 5.41 Å². The Morgan fingerprint density at radius 3 is 2.28 bits per heavy atom. The van der Waals surface area contributed by atoms with Crippen LogP contribution in [0.5, 0.6) is 0 Å². The molecule has 0 radical (unpaired) electrons. The highest BCUT2D eigenvalue weighted by Crippen LogP contribution is 2.44. The quantitative estimate of drug-likeness (QED) is 0.194. The molecule has 0 saturated heterocycles. The summed E-state index contributed by atoms with van der Waals surface area (Å²) in [5.41, 5.74) is 19.7. The lowest BCUT2D eigenvalue weighted by atomic mass is 9.71. The molecule has 2 aromatic rings. The van der Waals surface area contributed by atoms with E-state index in [9.17, 15) is 0 Å². The molecule has 0 bridgehead atoms. The van der Waals surface area contributed by atoms with Crippen LogP contribution in [-0.4, -0.2) is 4.98 Å². The molecule has 0 aliphatic heterocycles. The number of pyridine rings is 1. The van der Waals surface area contributed by atoms with Crippen molar-refractivity contribution in [3.63, 3.8) is 0 Å². The highest BCUT2D eigenvalue weighted by atomic mass is 14.7. The zero-order valence-corrected chi connectivity index (χ0v) is 33.5. The predicted molar refractivity (Wildman–Crippen MR) is 241 cm³/mol. The van der Waals surface area contributed by atoms with Crippen molar-refractivity contribution in [1.29, 1.82) is 0 Å². The summed E-state index contributed by atoms with van der Waals surface area (Å²) in [5, 5.41) is 0. The van der Waals surface area contributed by atoms with Gasteiger partial charge in [0, 0.05) is 46.4 Å². The Morgan fingerprint density at radius 1 is 0.737 bits per heavy atom. The van der Waals surface area contributed by atoms with Gasteiger partial charge >= 0.3 is 0 Å². The number of allylic oxidation sites excluding steroid dienone is 26. The van der Waals surface area contributed by atoms with Gasteiger partial charge in [-0.3, -0.25) is 4.98 Å². The van der Waals surface area contributed by atoms with Crippen LogP contribution in [0.1, 0.15) is 88.0 Å². The second kappa shape index (κ2) is 16.5. The van der Waals surface area contributed by atoms with Gasteiger partial charge in [-0.1, -0.05) is 153 Å². The van der Waals surface area contributed by atoms with Crippen molar-refractivity contribution < 1.29 is 0 Å². The average molecular weight is 742 g/mol. The summed E-state index contributed by atoms with van der Waals surface area (Å²) in [6.45, 7) is 7.23. The average Bonchev–Trinajstić information content (AvgIpc) is 3.46. The number of hydrogen-bond acceptors (Lipinski definition) is 1. The van der Waals surface area contributed by atoms with E-state index in [1.165, 1.54) is 61.3 Å². The molecule has 0 fully saturated rings. The van der Waals surface area contributed by atoms with E-state index in [4.69, 9.17) is 11.6 Å². The molecule has 0 spiro atoms. The number of rotatable bonds is 8. The van der Waals surface area contributed by atoms with Crippen LogP contribution in [0.25, 0.3) is 11.1 Å². The van der Waals surface area contributed by atoms with Gasteiger partial charge < -0.3 is 0 Å². The van der Waals surface area contributed by atoms with Crippen molar-refractivity contribution in [2.75, 3.05) is 0 Å². The summed E-state index contributed by atoms with van der Waals surface area (Å²) < 4.78 is 0. The van der Waals surface area contributed by atoms with E-state index < -0.39 is 0 Å². The first-order valence-electron chi connectivity index (χ1n) is 21.5. The van der Waals surface area contributed by atoms with E-state index in [0.717, 1.165) is 69.9 Å². The van der Waals surface area contributed by atoms with Crippen molar-refractivity contribution in [2.45, 2.75) is 76.5 Å². The summed E-state index contributed by atoms with van der Waals surface area (Å²) in [6.07, 6.45) is 55.7. The molecule has 57 heavy (non-hydrogen) atoms. The molecule has 5 atom stereocenters. The molecule has 0 amide bonds. The molecule has 284 valence electrons. The number of benzene rings is 1. The zero-order chi connectivity index (χ0) is 38.6. The van der Waals surface area contributed by atoms with Crippen molar-refractivity contribution in [3.05, 3.63) is 226 Å². The maximum absolute atomic E-state index is 4.88. The van der Waals surface area contributed by atoms with E-state index in [2.05, 4.69) is 164 Å². The van der Waals surface area contributed by atoms with Crippen LogP contribution in [0.4, 0.5) is 0 Å². The Hall–Kier alpha value is -5.49. The van der Waals surface area contributed by atoms with Crippen LogP contribution >= 0.6 is 0 Å². The first-order valence-corrected chi connectivity index (χ1v) is 21.5. The standard InChI is InChI=1S/C56H55N/c1-40-52(47-26-20-42(21-27-47)41-13-6-3-7-14-41)33-32-50(45-34-36-56(2,37-35-45)51-17-10-5-11-18-51)39-54(40)48-28-22-43(23-29-48)44-24-30-49(31-25-44)55-53(19-12-38-57-55)46-15-8-4-9-16-46/h5-6,8,10-20,22,24,26-30,33-34,36,38-39,42-43,45,52H,1,3-4,7,9,21,23,25,31,35,37H2,2H3. The van der Waals surface area contributed by atoms with Gasteiger partial charge in [-0.15, -0.1) is 5.73 Å². The van der Waals surface area contributed by atoms with Gasteiger partial charge in [0.15, 0.2) is 0 Å². The molecular weight excluding hydrogens is 687 g/mol. The molecule has 0 N–H and O–H groups in total. The lowest BCUT2D eigenvalue weighted by Gasteiger charge is -2.33. The molecular formula is C56H55N. The normalized spacial score (nSPS) is 28.3. The fourth-order valence-corrected chi connectivity index (χ4v) is 9.79. The number of aromatic nitrogens is 1. The summed E-state index contributed by atoms with van der Waals surface area (Å²) >= 11 is 0. The van der Waals surface area contributed by atoms with Crippen molar-refractivity contribution in [2.24, 2.45) is 23.7 Å². The van der Waals surface area contributed by atoms with E-state index in [1.807, 2.05) is 6.20 Å². The summed E-state index contributed by atoms with van der Waals surface area (Å²) in [6, 6.07) is 15.3. The summed E-state index contributed by atoms with van der Waals surface area (Å²) in [5.74, 6) is 1.28. The molecule has 1 heterocycles. The fraction of sp³-hybridized carbons (Fsp3) is 0.286. The largest absolute Gasteiger partial charge is 0.256 e. The monoisotopic (exact) mass is 741 g/mol. The van der Waals surface area contributed by atoms with E-state index in [0.29, 0.717) is 17.8 Å². The van der Waals surface area contributed by atoms with Gasteiger partial charge in [-0.2, -0.15) is 0 Å². The highest BCUT2D eigenvalue weighted by Gasteiger charge is 2.31. The maximum Gasteiger partial charge on any atom is 0.0739 e. The number of nitrogens with zero attached hydrogens (tertiary/aromatic N) is 1. The molecule has 7 aliphatic carbocycles. The van der Waals surface area contributed by atoms with Gasteiger partial charge in [-0.05, 0) is 127 Å². The van der Waals surface area contributed by atoms with E-state index in [-0.39, 0.29) is 11.3 Å². The molecule has 1 aromatic carbocycles. The molecule has 9 rings (SSSR count). The third-order valence-electron chi connectivity index (χ3n) is 13.4.